The molecular formula is C16H29N. The molecule has 1 heteroatoms. The highest BCUT2D eigenvalue weighted by molar-refractivity contribution is 5.02. The minimum Gasteiger partial charge on any atom is -0.316 e. The lowest BCUT2D eigenvalue weighted by Gasteiger charge is -2.57. The summed E-state index contributed by atoms with van der Waals surface area (Å²) in [6.45, 7) is 4.80. The van der Waals surface area contributed by atoms with Crippen LogP contribution in [0.15, 0.2) is 0 Å². The lowest BCUT2D eigenvalue weighted by molar-refractivity contribution is -0.0585. The van der Waals surface area contributed by atoms with Gasteiger partial charge >= 0.3 is 0 Å². The second-order valence-corrected chi connectivity index (χ2v) is 7.21. The van der Waals surface area contributed by atoms with Gasteiger partial charge in [0.15, 0.2) is 0 Å². The molecule has 1 nitrogen and oxygen atoms in total. The molecule has 0 aliphatic heterocycles. The molecular weight excluding hydrogens is 206 g/mol. The van der Waals surface area contributed by atoms with Crippen LogP contribution in [0, 0.1) is 35.5 Å². The van der Waals surface area contributed by atoms with Gasteiger partial charge in [-0.1, -0.05) is 20.3 Å². The smallest absolute Gasteiger partial charge is 0.0123 e. The predicted octanol–water partition coefficient (Wildman–Crippen LogP) is 3.69. The maximum atomic E-state index is 3.68. The molecule has 2 atom stereocenters. The molecule has 4 aliphatic carbocycles. The quantitative estimate of drug-likeness (QED) is 0.783. The van der Waals surface area contributed by atoms with Crippen LogP contribution in [0.3, 0.4) is 0 Å². The second kappa shape index (κ2) is 4.57. The first-order chi connectivity index (χ1) is 8.22. The Labute approximate surface area is 107 Å². The maximum Gasteiger partial charge on any atom is 0.0123 e. The van der Waals surface area contributed by atoms with E-state index in [0.29, 0.717) is 0 Å². The third-order valence-electron chi connectivity index (χ3n) is 6.30. The molecule has 1 N–H and O–H groups in total. The van der Waals surface area contributed by atoms with Gasteiger partial charge < -0.3 is 5.32 Å². The molecule has 4 fully saturated rings. The highest BCUT2D eigenvalue weighted by atomic mass is 14.9. The Kier molecular flexibility index (Phi) is 3.23. The van der Waals surface area contributed by atoms with E-state index < -0.39 is 0 Å². The Balaban J connectivity index is 1.78. The summed E-state index contributed by atoms with van der Waals surface area (Å²) in [5.41, 5.74) is 0. The van der Waals surface area contributed by atoms with Gasteiger partial charge in [0.1, 0.15) is 0 Å². The number of nitrogens with one attached hydrogen (secondary N) is 1. The predicted molar refractivity (Wildman–Crippen MR) is 72.8 cm³/mol. The summed E-state index contributed by atoms with van der Waals surface area (Å²) in [5.74, 6) is 6.21. The van der Waals surface area contributed by atoms with Gasteiger partial charge in [-0.05, 0) is 74.7 Å². The third-order valence-corrected chi connectivity index (χ3v) is 6.30. The summed E-state index contributed by atoms with van der Waals surface area (Å²) < 4.78 is 0. The molecule has 0 saturated heterocycles. The average Bonchev–Trinajstić information content (AvgIpc) is 2.32. The Bertz CT molecular complexity index is 245. The van der Waals surface area contributed by atoms with Crippen LogP contribution in [0.1, 0.15) is 52.4 Å². The molecule has 2 unspecified atom stereocenters. The van der Waals surface area contributed by atoms with E-state index in [1.54, 1.807) is 32.1 Å². The van der Waals surface area contributed by atoms with Crippen LogP contribution in [-0.2, 0) is 0 Å². The standard InChI is InChI=1S/C16H29N/c1-4-10(2)16(17-3)15-13-6-11-5-12(8-13)9-14(15)7-11/h10-17H,4-9H2,1-3H3. The van der Waals surface area contributed by atoms with Crippen LogP contribution >= 0.6 is 0 Å². The highest BCUT2D eigenvalue weighted by Crippen LogP contribution is 2.57. The molecule has 0 aromatic carbocycles. The van der Waals surface area contributed by atoms with Crippen molar-refractivity contribution in [2.24, 2.45) is 35.5 Å². The monoisotopic (exact) mass is 235 g/mol. The maximum absolute atomic E-state index is 3.68. The van der Waals surface area contributed by atoms with Gasteiger partial charge in [-0.2, -0.15) is 0 Å². The molecule has 0 aromatic heterocycles. The van der Waals surface area contributed by atoms with Crippen LogP contribution in [0.5, 0.6) is 0 Å². The average molecular weight is 235 g/mol. The van der Waals surface area contributed by atoms with Crippen molar-refractivity contribution in [2.75, 3.05) is 7.05 Å². The van der Waals surface area contributed by atoms with Crippen LogP contribution in [0.2, 0.25) is 0 Å². The summed E-state index contributed by atoms with van der Waals surface area (Å²) in [4.78, 5) is 0. The minimum atomic E-state index is 0.787. The van der Waals surface area contributed by atoms with Gasteiger partial charge in [-0.3, -0.25) is 0 Å². The van der Waals surface area contributed by atoms with Gasteiger partial charge in [0.2, 0.25) is 0 Å². The Morgan fingerprint density at radius 2 is 1.53 bits per heavy atom. The zero-order chi connectivity index (χ0) is 12.0. The van der Waals surface area contributed by atoms with Crippen molar-refractivity contribution in [1.82, 2.24) is 5.32 Å². The van der Waals surface area contributed by atoms with E-state index in [2.05, 4.69) is 26.2 Å². The van der Waals surface area contributed by atoms with Crippen molar-refractivity contribution in [3.8, 4) is 0 Å². The van der Waals surface area contributed by atoms with Crippen molar-refractivity contribution in [3.63, 3.8) is 0 Å². The van der Waals surface area contributed by atoms with Crippen LogP contribution in [0.25, 0.3) is 0 Å². The molecule has 4 rings (SSSR count). The van der Waals surface area contributed by atoms with Gasteiger partial charge in [-0.15, -0.1) is 0 Å². The molecule has 0 aromatic rings. The first-order valence-electron chi connectivity index (χ1n) is 7.90. The van der Waals surface area contributed by atoms with Gasteiger partial charge in [-0.25, -0.2) is 0 Å². The third kappa shape index (κ3) is 1.95. The molecule has 0 radical (unpaired) electrons. The lowest BCUT2D eigenvalue weighted by atomic mass is 9.50. The molecule has 0 heterocycles. The summed E-state index contributed by atoms with van der Waals surface area (Å²) in [5, 5.41) is 3.68. The Hall–Kier alpha value is -0.0400. The molecule has 4 aliphatic rings. The van der Waals surface area contributed by atoms with Crippen molar-refractivity contribution in [2.45, 2.75) is 58.4 Å². The second-order valence-electron chi connectivity index (χ2n) is 7.21. The first-order valence-corrected chi connectivity index (χ1v) is 7.90. The lowest BCUT2D eigenvalue weighted by Crippen LogP contribution is -2.54. The van der Waals surface area contributed by atoms with Gasteiger partial charge in [0.05, 0.1) is 0 Å². The fraction of sp³-hybridized carbons (Fsp3) is 1.00. The number of hydrogen-bond acceptors (Lipinski definition) is 1. The van der Waals surface area contributed by atoms with E-state index >= 15 is 0 Å². The molecule has 17 heavy (non-hydrogen) atoms. The molecule has 0 amide bonds. The van der Waals surface area contributed by atoms with Gasteiger partial charge in [0, 0.05) is 6.04 Å². The Morgan fingerprint density at radius 3 is 1.94 bits per heavy atom. The van der Waals surface area contributed by atoms with E-state index in [0.717, 1.165) is 41.5 Å². The number of hydrogen-bond donors (Lipinski definition) is 1. The summed E-state index contributed by atoms with van der Waals surface area (Å²) >= 11 is 0. The van der Waals surface area contributed by atoms with E-state index in [1.807, 2.05) is 0 Å². The van der Waals surface area contributed by atoms with Crippen LogP contribution in [0.4, 0.5) is 0 Å². The zero-order valence-corrected chi connectivity index (χ0v) is 11.8. The molecule has 98 valence electrons. The SMILES string of the molecule is CCC(C)C(NC)C1C2CC3CC(C2)CC1C3. The number of rotatable bonds is 4. The van der Waals surface area contributed by atoms with E-state index in [9.17, 15) is 0 Å². The van der Waals surface area contributed by atoms with E-state index in [-0.39, 0.29) is 0 Å². The van der Waals surface area contributed by atoms with Crippen molar-refractivity contribution in [1.29, 1.82) is 0 Å². The Morgan fingerprint density at radius 1 is 1.00 bits per heavy atom. The largest absolute Gasteiger partial charge is 0.316 e. The van der Waals surface area contributed by atoms with Crippen molar-refractivity contribution >= 4 is 0 Å². The fourth-order valence-corrected chi connectivity index (χ4v) is 5.66. The zero-order valence-electron chi connectivity index (χ0n) is 11.8. The fourth-order valence-electron chi connectivity index (χ4n) is 5.66. The van der Waals surface area contributed by atoms with Gasteiger partial charge in [0.25, 0.3) is 0 Å². The van der Waals surface area contributed by atoms with Crippen LogP contribution < -0.4 is 5.32 Å². The van der Waals surface area contributed by atoms with Crippen molar-refractivity contribution < 1.29 is 0 Å². The molecule has 4 saturated carbocycles. The minimum absolute atomic E-state index is 0.787. The summed E-state index contributed by atoms with van der Waals surface area (Å²) in [6, 6.07) is 0.787. The normalized spacial score (nSPS) is 47.1. The molecule has 4 bridgehead atoms. The first kappa shape index (κ1) is 12.0. The van der Waals surface area contributed by atoms with Crippen molar-refractivity contribution in [3.05, 3.63) is 0 Å². The summed E-state index contributed by atoms with van der Waals surface area (Å²) in [6.07, 6.45) is 9.15. The van der Waals surface area contributed by atoms with E-state index in [4.69, 9.17) is 0 Å². The van der Waals surface area contributed by atoms with Crippen LogP contribution in [-0.4, -0.2) is 13.1 Å². The summed E-state index contributed by atoms with van der Waals surface area (Å²) in [7, 11) is 2.20. The molecule has 0 spiro atoms. The highest BCUT2D eigenvalue weighted by Gasteiger charge is 2.50. The van der Waals surface area contributed by atoms with E-state index in [1.165, 1.54) is 6.42 Å². The topological polar surface area (TPSA) is 12.0 Å².